The van der Waals surface area contributed by atoms with Crippen LogP contribution in [-0.2, 0) is 27.7 Å². The Kier molecular flexibility index (Phi) is 5.90. The molecular weight excluding hydrogens is 380 g/mol. The zero-order chi connectivity index (χ0) is 20.3. The van der Waals surface area contributed by atoms with E-state index in [-0.39, 0.29) is 10.9 Å². The van der Waals surface area contributed by atoms with Crippen LogP contribution in [0.4, 0.5) is 5.82 Å². The van der Waals surface area contributed by atoms with E-state index in [4.69, 9.17) is 10.5 Å². The number of hydrogen-bond donors (Lipinski definition) is 1. The Morgan fingerprint density at radius 1 is 1.18 bits per heavy atom. The van der Waals surface area contributed by atoms with Crippen molar-refractivity contribution in [2.24, 2.45) is 0 Å². The Labute approximate surface area is 163 Å². The number of aryl methyl sites for hydroxylation is 3. The molecule has 2 N–H and O–H groups in total. The average molecular weight is 404 g/mol. The molecule has 0 spiro atoms. The van der Waals surface area contributed by atoms with Gasteiger partial charge in [0.15, 0.2) is 5.82 Å². The van der Waals surface area contributed by atoms with Gasteiger partial charge in [-0.05, 0) is 38.8 Å². The van der Waals surface area contributed by atoms with E-state index in [9.17, 15) is 8.42 Å². The maximum absolute atomic E-state index is 12.5. The molecule has 0 atom stereocenters. The molecule has 0 saturated carbocycles. The number of hydrogen-bond acceptors (Lipinski definition) is 8. The number of pyridine rings is 1. The average Bonchev–Trinajstić information content (AvgIpc) is 3.04. The summed E-state index contributed by atoms with van der Waals surface area (Å²) in [6.07, 6.45) is 3.22. The van der Waals surface area contributed by atoms with Gasteiger partial charge < -0.3 is 15.0 Å². The summed E-state index contributed by atoms with van der Waals surface area (Å²) < 4.78 is 32.4. The quantitative estimate of drug-likeness (QED) is 0.564. The number of nitrogens with zero attached hydrogens (tertiary/aromatic N) is 5. The van der Waals surface area contributed by atoms with Crippen molar-refractivity contribution in [2.45, 2.75) is 45.5 Å². The second kappa shape index (κ2) is 8.19. The fourth-order valence-electron chi connectivity index (χ4n) is 3.04. The van der Waals surface area contributed by atoms with Crippen LogP contribution in [0.5, 0.6) is 0 Å². The third kappa shape index (κ3) is 3.97. The lowest BCUT2D eigenvalue weighted by Crippen LogP contribution is -2.14. The molecular formula is C18H24N6O3S. The van der Waals surface area contributed by atoms with E-state index in [1.807, 2.05) is 25.3 Å². The van der Waals surface area contributed by atoms with Crippen LogP contribution < -0.4 is 5.73 Å². The third-order valence-electron chi connectivity index (χ3n) is 4.53. The van der Waals surface area contributed by atoms with E-state index in [1.54, 1.807) is 6.07 Å². The second-order valence-electron chi connectivity index (χ2n) is 6.43. The molecule has 0 aromatic carbocycles. The van der Waals surface area contributed by atoms with Crippen LogP contribution in [0.3, 0.4) is 0 Å². The Balaban J connectivity index is 1.91. The molecule has 0 fully saturated rings. The Hall–Kier alpha value is -2.59. The molecule has 0 saturated heterocycles. The maximum atomic E-state index is 12.5. The largest absolute Gasteiger partial charge is 0.382 e. The molecule has 3 aromatic heterocycles. The van der Waals surface area contributed by atoms with Crippen LogP contribution in [0.25, 0.3) is 11.0 Å². The van der Waals surface area contributed by atoms with Gasteiger partial charge in [0.25, 0.3) is 0 Å². The van der Waals surface area contributed by atoms with Crippen molar-refractivity contribution in [1.29, 1.82) is 0 Å². The van der Waals surface area contributed by atoms with Crippen LogP contribution >= 0.6 is 0 Å². The van der Waals surface area contributed by atoms with Crippen molar-refractivity contribution >= 4 is 26.7 Å². The molecule has 150 valence electrons. The summed E-state index contributed by atoms with van der Waals surface area (Å²) in [6.45, 7) is 7.08. The van der Waals surface area contributed by atoms with Gasteiger partial charge in [-0.2, -0.15) is 0 Å². The second-order valence-corrected chi connectivity index (χ2v) is 8.43. The number of ether oxygens (including phenoxy) is 1. The number of rotatable bonds is 8. The molecule has 9 nitrogen and oxygen atoms in total. The van der Waals surface area contributed by atoms with Gasteiger partial charge in [0.1, 0.15) is 17.9 Å². The molecule has 0 aliphatic heterocycles. The predicted molar refractivity (Wildman–Crippen MR) is 105 cm³/mol. The highest BCUT2D eigenvalue weighted by atomic mass is 32.2. The molecule has 0 aliphatic rings. The Bertz CT molecular complexity index is 1080. The maximum Gasteiger partial charge on any atom is 0.246 e. The zero-order valence-corrected chi connectivity index (χ0v) is 17.0. The molecule has 3 aromatic rings. The lowest BCUT2D eigenvalue weighted by Gasteiger charge is -2.12. The molecule has 0 bridgehead atoms. The van der Waals surface area contributed by atoms with Crippen molar-refractivity contribution in [3.05, 3.63) is 35.5 Å². The van der Waals surface area contributed by atoms with Crippen molar-refractivity contribution in [3.63, 3.8) is 0 Å². The van der Waals surface area contributed by atoms with Crippen LogP contribution in [0, 0.1) is 13.8 Å². The summed E-state index contributed by atoms with van der Waals surface area (Å²) in [7, 11) is -3.55. The molecule has 0 amide bonds. The lowest BCUT2D eigenvalue weighted by molar-refractivity contribution is 0.126. The van der Waals surface area contributed by atoms with E-state index in [2.05, 4.69) is 19.9 Å². The van der Waals surface area contributed by atoms with Gasteiger partial charge in [-0.15, -0.1) is 0 Å². The fourth-order valence-corrected chi connectivity index (χ4v) is 4.18. The smallest absolute Gasteiger partial charge is 0.246 e. The molecule has 28 heavy (non-hydrogen) atoms. The number of imidazole rings is 1. The van der Waals surface area contributed by atoms with Gasteiger partial charge in [0.2, 0.25) is 15.0 Å². The summed E-state index contributed by atoms with van der Waals surface area (Å²) in [5.41, 5.74) is 9.34. The minimum Gasteiger partial charge on any atom is -0.382 e. The van der Waals surface area contributed by atoms with E-state index >= 15 is 0 Å². The first-order valence-corrected chi connectivity index (χ1v) is 10.7. The molecule has 0 radical (unpaired) electrons. The van der Waals surface area contributed by atoms with Gasteiger partial charge in [0.05, 0.1) is 11.3 Å². The molecule has 0 unspecified atom stereocenters. The SMILES string of the molecule is CCOCc1nc2c(N)nc(C)c(C)c2n1CCCS(=O)(=O)c1ncccn1. The van der Waals surface area contributed by atoms with Crippen molar-refractivity contribution < 1.29 is 13.2 Å². The summed E-state index contributed by atoms with van der Waals surface area (Å²) >= 11 is 0. The zero-order valence-electron chi connectivity index (χ0n) is 16.2. The van der Waals surface area contributed by atoms with E-state index in [0.717, 1.165) is 16.8 Å². The minimum absolute atomic E-state index is 0.0661. The van der Waals surface area contributed by atoms with E-state index in [1.165, 1.54) is 12.4 Å². The third-order valence-corrected chi connectivity index (χ3v) is 6.12. The number of aromatic nitrogens is 5. The highest BCUT2D eigenvalue weighted by molar-refractivity contribution is 7.91. The summed E-state index contributed by atoms with van der Waals surface area (Å²) in [6, 6.07) is 1.58. The summed E-state index contributed by atoms with van der Waals surface area (Å²) in [4.78, 5) is 16.6. The summed E-state index contributed by atoms with van der Waals surface area (Å²) in [5.74, 6) is 0.996. The van der Waals surface area contributed by atoms with Gasteiger partial charge >= 0.3 is 0 Å². The highest BCUT2D eigenvalue weighted by Crippen LogP contribution is 2.26. The minimum atomic E-state index is -3.55. The topological polar surface area (TPSA) is 126 Å². The van der Waals surface area contributed by atoms with Crippen LogP contribution in [0.15, 0.2) is 23.6 Å². The molecule has 3 rings (SSSR count). The van der Waals surface area contributed by atoms with Crippen LogP contribution in [-0.4, -0.2) is 45.3 Å². The lowest BCUT2D eigenvalue weighted by atomic mass is 10.2. The van der Waals surface area contributed by atoms with Crippen LogP contribution in [0.2, 0.25) is 0 Å². The Morgan fingerprint density at radius 3 is 2.57 bits per heavy atom. The monoisotopic (exact) mass is 404 g/mol. The number of sulfone groups is 1. The summed E-state index contributed by atoms with van der Waals surface area (Å²) in [5, 5.41) is -0.152. The van der Waals surface area contributed by atoms with Gasteiger partial charge in [-0.3, -0.25) is 0 Å². The van der Waals surface area contributed by atoms with Crippen molar-refractivity contribution in [1.82, 2.24) is 24.5 Å². The van der Waals surface area contributed by atoms with Crippen molar-refractivity contribution in [2.75, 3.05) is 18.1 Å². The van der Waals surface area contributed by atoms with E-state index < -0.39 is 9.84 Å². The molecule has 10 heteroatoms. The van der Waals surface area contributed by atoms with Gasteiger partial charge in [-0.1, -0.05) is 0 Å². The van der Waals surface area contributed by atoms with Gasteiger partial charge in [-0.25, -0.2) is 28.4 Å². The highest BCUT2D eigenvalue weighted by Gasteiger charge is 2.20. The first-order valence-electron chi connectivity index (χ1n) is 9.04. The normalized spacial score (nSPS) is 12.0. The number of anilines is 1. The number of nitrogens with two attached hydrogens (primary N) is 1. The van der Waals surface area contributed by atoms with E-state index in [0.29, 0.717) is 43.3 Å². The first-order chi connectivity index (χ1) is 13.3. The van der Waals surface area contributed by atoms with Crippen LogP contribution in [0.1, 0.15) is 30.4 Å². The van der Waals surface area contributed by atoms with Gasteiger partial charge in [0, 0.05) is 31.2 Å². The predicted octanol–water partition coefficient (Wildman–Crippen LogP) is 1.82. The van der Waals surface area contributed by atoms with Crippen molar-refractivity contribution in [3.8, 4) is 0 Å². The number of fused-ring (bicyclic) bond motifs is 1. The molecule has 0 aliphatic carbocycles. The first kappa shape index (κ1) is 20.2. The fraction of sp³-hybridized carbons (Fsp3) is 0.444. The standard InChI is InChI=1S/C18H24N6O3S/c1-4-27-11-14-23-15-16(12(2)13(3)22-17(15)19)24(14)9-6-10-28(25,26)18-20-7-5-8-21-18/h5,7-8H,4,6,9-11H2,1-3H3,(H2,19,22). The Morgan fingerprint density at radius 2 is 1.89 bits per heavy atom. The molecule has 3 heterocycles. The number of nitrogen functional groups attached to an aromatic ring is 1.